The Morgan fingerprint density at radius 1 is 0.386 bits per heavy atom. The first-order valence-electron chi connectivity index (χ1n) is 29.5. The van der Waals surface area contributed by atoms with Crippen LogP contribution in [0.25, 0.3) is 107 Å². The Kier molecular flexibility index (Phi) is 12.7. The highest BCUT2D eigenvalue weighted by atomic mass is 15.2. The smallest absolute Gasteiger partial charge is 0.0615 e. The lowest BCUT2D eigenvalue weighted by molar-refractivity contribution is 0.983. The van der Waals surface area contributed by atoms with Crippen LogP contribution in [0.1, 0.15) is 59.6 Å². The molecule has 3 aliphatic carbocycles. The molecular formula is C81H62N2. The summed E-state index contributed by atoms with van der Waals surface area (Å²) in [5, 5.41) is 11.9. The fourth-order valence-electron chi connectivity index (χ4n) is 13.8. The van der Waals surface area contributed by atoms with Crippen molar-refractivity contribution < 1.29 is 0 Å². The molecule has 12 aromatic carbocycles. The molecule has 3 aliphatic rings. The molecule has 0 amide bonds. The Morgan fingerprint density at radius 2 is 0.916 bits per heavy atom. The van der Waals surface area contributed by atoms with Crippen molar-refractivity contribution >= 4 is 108 Å². The van der Waals surface area contributed by atoms with E-state index in [4.69, 9.17) is 6.58 Å². The standard InChI is InChI=1S/C81H62N2/c1-3-4-25-57-48-60-30-15-16-35-68(60)77(54(57)2)61-49-62(78-69-36-17-21-40-73(69)80(74-41-22-18-37-70(74)78)82(64-31-7-5-8-32-64)66-46-44-55-26-11-13-28-58(55)52-66)51-63(50-61)79-71-38-19-23-42-75(71)81(76-43-24-20-39-72(76)79)83(65-33-9-6-10-34-65)67-47-45-56-27-12-14-29-59(56)53-67/h3-11,13-19,21,23-26,28-38,40,42-53H,2,12,20,22,27,39,41H2,1H3/b4-3-,57-25-. The van der Waals surface area contributed by atoms with Crippen molar-refractivity contribution in [3.63, 3.8) is 0 Å². The maximum Gasteiger partial charge on any atom is 0.0615 e. The summed E-state index contributed by atoms with van der Waals surface area (Å²) in [6.45, 7) is 7.05. The molecule has 2 heteroatoms. The molecular weight excluding hydrogens is 1000 g/mol. The summed E-state index contributed by atoms with van der Waals surface area (Å²) in [5.41, 5.74) is 22.2. The average molecular weight is 1060 g/mol. The quantitative estimate of drug-likeness (QED) is 0.135. The van der Waals surface area contributed by atoms with Gasteiger partial charge in [0.25, 0.3) is 0 Å². The van der Waals surface area contributed by atoms with Crippen LogP contribution in [-0.4, -0.2) is 0 Å². The van der Waals surface area contributed by atoms with E-state index in [1.54, 1.807) is 0 Å². The third-order valence-electron chi connectivity index (χ3n) is 17.5. The van der Waals surface area contributed by atoms with Gasteiger partial charge in [0.15, 0.2) is 0 Å². The van der Waals surface area contributed by atoms with Crippen molar-refractivity contribution in [2.75, 3.05) is 9.80 Å². The number of rotatable bonds is 10. The number of nitrogens with zero attached hydrogens (tertiary/aromatic N) is 2. The molecule has 12 aromatic rings. The minimum atomic E-state index is 0.906. The highest BCUT2D eigenvalue weighted by Gasteiger charge is 2.30. The van der Waals surface area contributed by atoms with E-state index in [1.807, 2.05) is 0 Å². The molecule has 15 rings (SSSR count). The highest BCUT2D eigenvalue weighted by Crippen LogP contribution is 2.53. The fourth-order valence-corrected chi connectivity index (χ4v) is 13.8. The van der Waals surface area contributed by atoms with Crippen LogP contribution < -0.4 is 20.2 Å². The predicted molar refractivity (Wildman–Crippen MR) is 358 cm³/mol. The maximum absolute atomic E-state index is 4.97. The SMILES string of the molecule is C=c1c(-c2cc(-c3c4c(c(N(c5ccccc5)c5ccc6c(c5)C=CCC6)c5ccccc35)C=CCC4)cc(-c3c4c(c(N(c5ccccc5)c5ccc6ccccc6c5)c5ccccc35)CCC=C4)c2)c2ccccc2c/c1=C/C=C\C. The van der Waals surface area contributed by atoms with Crippen LogP contribution in [0.2, 0.25) is 0 Å². The molecule has 2 nitrogen and oxygen atoms in total. The number of aryl methyl sites for hydroxylation is 1. The Labute approximate surface area is 486 Å². The van der Waals surface area contributed by atoms with E-state index in [0.29, 0.717) is 0 Å². The molecule has 0 aromatic heterocycles. The first-order chi connectivity index (χ1) is 41.1. The number of hydrogen-bond acceptors (Lipinski definition) is 2. The van der Waals surface area contributed by atoms with E-state index in [-0.39, 0.29) is 0 Å². The lowest BCUT2D eigenvalue weighted by Gasteiger charge is -2.33. The van der Waals surface area contributed by atoms with Gasteiger partial charge in [0.1, 0.15) is 0 Å². The van der Waals surface area contributed by atoms with Gasteiger partial charge in [-0.15, -0.1) is 0 Å². The van der Waals surface area contributed by atoms with Crippen LogP contribution in [0.4, 0.5) is 34.1 Å². The van der Waals surface area contributed by atoms with Crippen molar-refractivity contribution in [3.8, 4) is 33.4 Å². The van der Waals surface area contributed by atoms with Crippen LogP contribution in [0, 0.1) is 0 Å². The molecule has 0 heterocycles. The summed E-state index contributed by atoms with van der Waals surface area (Å²) >= 11 is 0. The van der Waals surface area contributed by atoms with Gasteiger partial charge in [-0.1, -0.05) is 207 Å². The predicted octanol–water partition coefficient (Wildman–Crippen LogP) is 20.9. The number of anilines is 6. The van der Waals surface area contributed by atoms with Gasteiger partial charge in [-0.25, -0.2) is 0 Å². The van der Waals surface area contributed by atoms with E-state index in [9.17, 15) is 0 Å². The molecule has 83 heavy (non-hydrogen) atoms. The van der Waals surface area contributed by atoms with Crippen molar-refractivity contribution in [2.24, 2.45) is 0 Å². The summed E-state index contributed by atoms with van der Waals surface area (Å²) in [7, 11) is 0. The Morgan fingerprint density at radius 3 is 1.64 bits per heavy atom. The minimum Gasteiger partial charge on any atom is -0.310 e. The molecule has 0 bridgehead atoms. The zero-order valence-electron chi connectivity index (χ0n) is 46.8. The lowest BCUT2D eigenvalue weighted by Crippen LogP contribution is -2.25. The van der Waals surface area contributed by atoms with E-state index >= 15 is 0 Å². The third kappa shape index (κ3) is 8.73. The van der Waals surface area contributed by atoms with Crippen LogP contribution in [-0.2, 0) is 19.3 Å². The van der Waals surface area contributed by atoms with Gasteiger partial charge in [0, 0.05) is 39.1 Å². The zero-order valence-corrected chi connectivity index (χ0v) is 46.8. The summed E-state index contributed by atoms with van der Waals surface area (Å²) in [5.74, 6) is 0. The van der Waals surface area contributed by atoms with Gasteiger partial charge in [0.2, 0.25) is 0 Å². The molecule has 0 N–H and O–H groups in total. The van der Waals surface area contributed by atoms with E-state index in [1.165, 1.54) is 110 Å². The summed E-state index contributed by atoms with van der Waals surface area (Å²) < 4.78 is 0. The fraction of sp³-hybridized carbons (Fsp3) is 0.0864. The number of benzene rings is 12. The van der Waals surface area contributed by atoms with E-state index in [0.717, 1.165) is 82.8 Å². The summed E-state index contributed by atoms with van der Waals surface area (Å²) in [6.07, 6.45) is 26.6. The molecule has 0 radical (unpaired) electrons. The monoisotopic (exact) mass is 1060 g/mol. The second-order valence-electron chi connectivity index (χ2n) is 22.4. The molecule has 0 atom stereocenters. The van der Waals surface area contributed by atoms with Crippen molar-refractivity contribution in [3.05, 3.63) is 293 Å². The van der Waals surface area contributed by atoms with Crippen molar-refractivity contribution in [2.45, 2.75) is 45.4 Å². The summed E-state index contributed by atoms with van der Waals surface area (Å²) in [6, 6.07) is 81.9. The Bertz CT molecular complexity index is 4820. The number of allylic oxidation sites excluding steroid dienone is 5. The lowest BCUT2D eigenvalue weighted by atomic mass is 9.79. The second-order valence-corrected chi connectivity index (χ2v) is 22.4. The third-order valence-corrected chi connectivity index (χ3v) is 17.5. The highest BCUT2D eigenvalue weighted by molar-refractivity contribution is 6.15. The van der Waals surface area contributed by atoms with Gasteiger partial charge < -0.3 is 9.80 Å². The average Bonchev–Trinajstić information content (AvgIpc) is 2.53. The maximum atomic E-state index is 4.97. The van der Waals surface area contributed by atoms with Crippen LogP contribution in [0.5, 0.6) is 0 Å². The topological polar surface area (TPSA) is 6.48 Å². The second kappa shape index (κ2) is 21.1. The van der Waals surface area contributed by atoms with E-state index in [2.05, 4.69) is 290 Å². The normalized spacial score (nSPS) is 13.7. The molecule has 0 fully saturated rings. The molecule has 0 saturated heterocycles. The zero-order chi connectivity index (χ0) is 55.4. The molecule has 0 unspecified atom stereocenters. The van der Waals surface area contributed by atoms with Gasteiger partial charge >= 0.3 is 0 Å². The van der Waals surface area contributed by atoms with Crippen LogP contribution >= 0.6 is 0 Å². The molecule has 0 spiro atoms. The van der Waals surface area contributed by atoms with Gasteiger partial charge in [-0.3, -0.25) is 0 Å². The molecule has 396 valence electrons. The van der Waals surface area contributed by atoms with Crippen LogP contribution in [0.3, 0.4) is 0 Å². The van der Waals surface area contributed by atoms with Gasteiger partial charge in [-0.05, 0) is 222 Å². The first kappa shape index (κ1) is 50.0. The Hall–Kier alpha value is -10.0. The minimum absolute atomic E-state index is 0.906. The van der Waals surface area contributed by atoms with Crippen molar-refractivity contribution in [1.29, 1.82) is 0 Å². The van der Waals surface area contributed by atoms with Gasteiger partial charge in [-0.2, -0.15) is 0 Å². The van der Waals surface area contributed by atoms with Gasteiger partial charge in [0.05, 0.1) is 11.4 Å². The number of hydrogen-bond donors (Lipinski definition) is 0. The van der Waals surface area contributed by atoms with Crippen LogP contribution in [0.15, 0.2) is 249 Å². The first-order valence-corrected chi connectivity index (χ1v) is 29.5. The molecule has 0 aliphatic heterocycles. The van der Waals surface area contributed by atoms with E-state index < -0.39 is 0 Å². The number of fused-ring (bicyclic) bond motifs is 7. The summed E-state index contributed by atoms with van der Waals surface area (Å²) in [4.78, 5) is 5.06. The van der Waals surface area contributed by atoms with Crippen molar-refractivity contribution in [1.82, 2.24) is 0 Å². The largest absolute Gasteiger partial charge is 0.310 e. The molecule has 0 saturated carbocycles. The number of para-hydroxylation sites is 2. The Balaban J connectivity index is 1.05.